The molecule has 1 amide bonds. The highest BCUT2D eigenvalue weighted by atomic mass is 19.1. The van der Waals surface area contributed by atoms with Gasteiger partial charge in [0.25, 0.3) is 0 Å². The maximum absolute atomic E-state index is 13.0. The third-order valence-corrected chi connectivity index (χ3v) is 5.32. The van der Waals surface area contributed by atoms with Gasteiger partial charge in [0, 0.05) is 19.3 Å². The molecule has 2 heterocycles. The second-order valence-corrected chi connectivity index (χ2v) is 7.34. The summed E-state index contributed by atoms with van der Waals surface area (Å²) >= 11 is 0. The minimum atomic E-state index is -1.05. The topological polar surface area (TPSA) is 89.2 Å². The maximum Gasteiger partial charge on any atom is 0.231 e. The van der Waals surface area contributed by atoms with Gasteiger partial charge in [0.2, 0.25) is 5.91 Å². The fourth-order valence-electron chi connectivity index (χ4n) is 3.52. The van der Waals surface area contributed by atoms with Crippen LogP contribution in [0.25, 0.3) is 11.1 Å². The molecule has 1 aromatic heterocycles. The van der Waals surface area contributed by atoms with Crippen molar-refractivity contribution >= 4 is 17.4 Å². The van der Waals surface area contributed by atoms with Crippen LogP contribution < -0.4 is 10.2 Å². The second kappa shape index (κ2) is 7.56. The maximum atomic E-state index is 13.0. The zero-order valence-electron chi connectivity index (χ0n) is 15.3. The van der Waals surface area contributed by atoms with E-state index >= 15 is 0 Å². The number of benzene rings is 1. The average Bonchev–Trinajstić information content (AvgIpc) is 3.45. The first-order chi connectivity index (χ1) is 13.5. The summed E-state index contributed by atoms with van der Waals surface area (Å²) in [5, 5.41) is 21.9. The van der Waals surface area contributed by atoms with E-state index in [0.717, 1.165) is 29.9 Å². The summed E-state index contributed by atoms with van der Waals surface area (Å²) in [4.78, 5) is 18.2. The number of nitriles is 1. The van der Waals surface area contributed by atoms with Crippen LogP contribution in [0.5, 0.6) is 0 Å². The van der Waals surface area contributed by atoms with Gasteiger partial charge in [-0.1, -0.05) is 6.07 Å². The van der Waals surface area contributed by atoms with Crippen molar-refractivity contribution in [3.05, 3.63) is 42.1 Å². The number of hydrogen-bond donors (Lipinski definition) is 2. The summed E-state index contributed by atoms with van der Waals surface area (Å²) in [5.74, 6) is -0.551. The van der Waals surface area contributed by atoms with Gasteiger partial charge in [0.15, 0.2) is 0 Å². The summed E-state index contributed by atoms with van der Waals surface area (Å²) in [6.45, 7) is 1.44. The molecule has 1 aliphatic heterocycles. The summed E-state index contributed by atoms with van der Waals surface area (Å²) < 4.78 is 13.0. The quantitative estimate of drug-likeness (QED) is 0.851. The van der Waals surface area contributed by atoms with Crippen LogP contribution in [0.2, 0.25) is 0 Å². The molecule has 2 atom stereocenters. The SMILES string of the molecule is N#Cc1cc(-c2ccnc(NC(=O)[C@H]3C[C@H]3F)c2)ccc1N1CCC(O)CC1. The Morgan fingerprint density at radius 2 is 1.96 bits per heavy atom. The van der Waals surface area contributed by atoms with E-state index in [-0.39, 0.29) is 18.4 Å². The average molecular weight is 380 g/mol. The number of aliphatic hydroxyl groups excluding tert-OH is 1. The van der Waals surface area contributed by atoms with E-state index in [0.29, 0.717) is 24.2 Å². The highest BCUT2D eigenvalue weighted by molar-refractivity contribution is 5.94. The number of nitrogens with zero attached hydrogens (tertiary/aromatic N) is 3. The van der Waals surface area contributed by atoms with Crippen LogP contribution in [0.1, 0.15) is 24.8 Å². The lowest BCUT2D eigenvalue weighted by atomic mass is 10.0. The zero-order chi connectivity index (χ0) is 19.7. The van der Waals surface area contributed by atoms with Gasteiger partial charge in [-0.25, -0.2) is 9.37 Å². The summed E-state index contributed by atoms with van der Waals surface area (Å²) in [6.07, 6.45) is 1.92. The van der Waals surface area contributed by atoms with E-state index in [1.807, 2.05) is 18.2 Å². The fraction of sp³-hybridized carbons (Fsp3) is 0.381. The highest BCUT2D eigenvalue weighted by Crippen LogP contribution is 2.35. The monoisotopic (exact) mass is 380 g/mol. The molecule has 0 unspecified atom stereocenters. The number of piperidine rings is 1. The van der Waals surface area contributed by atoms with Gasteiger partial charge in [-0.15, -0.1) is 0 Å². The van der Waals surface area contributed by atoms with E-state index < -0.39 is 12.1 Å². The Kier molecular flexibility index (Phi) is 4.97. The molecule has 2 aromatic rings. The normalized spacial score (nSPS) is 21.8. The number of aromatic nitrogens is 1. The third kappa shape index (κ3) is 3.82. The first-order valence-electron chi connectivity index (χ1n) is 9.43. The smallest absolute Gasteiger partial charge is 0.231 e. The molecule has 2 fully saturated rings. The molecular formula is C21H21FN4O2. The summed E-state index contributed by atoms with van der Waals surface area (Å²) in [7, 11) is 0. The fourth-order valence-corrected chi connectivity index (χ4v) is 3.52. The molecule has 4 rings (SSSR count). The second-order valence-electron chi connectivity index (χ2n) is 7.34. The highest BCUT2D eigenvalue weighted by Gasteiger charge is 2.43. The Hall–Kier alpha value is -2.98. The third-order valence-electron chi connectivity index (χ3n) is 5.32. The van der Waals surface area contributed by atoms with E-state index in [1.165, 1.54) is 0 Å². The number of alkyl halides is 1. The van der Waals surface area contributed by atoms with Crippen LogP contribution in [0.4, 0.5) is 15.9 Å². The number of amides is 1. The van der Waals surface area contributed by atoms with Gasteiger partial charge in [0.05, 0.1) is 23.3 Å². The van der Waals surface area contributed by atoms with Crippen LogP contribution >= 0.6 is 0 Å². The van der Waals surface area contributed by atoms with Gasteiger partial charge < -0.3 is 15.3 Å². The van der Waals surface area contributed by atoms with Crippen molar-refractivity contribution in [3.63, 3.8) is 0 Å². The molecule has 0 bridgehead atoms. The number of halogens is 1. The lowest BCUT2D eigenvalue weighted by molar-refractivity contribution is -0.117. The molecular weight excluding hydrogens is 359 g/mol. The number of aliphatic hydroxyl groups is 1. The minimum absolute atomic E-state index is 0.269. The number of nitrogens with one attached hydrogen (secondary N) is 1. The van der Waals surface area contributed by atoms with Gasteiger partial charge >= 0.3 is 0 Å². The molecule has 1 saturated carbocycles. The molecule has 7 heteroatoms. The van der Waals surface area contributed by atoms with Crippen LogP contribution in [0, 0.1) is 17.2 Å². The van der Waals surface area contributed by atoms with Crippen LogP contribution in [-0.4, -0.2) is 41.4 Å². The predicted octanol–water partition coefficient (Wildman–Crippen LogP) is 2.88. The van der Waals surface area contributed by atoms with Gasteiger partial charge in [0.1, 0.15) is 18.1 Å². The van der Waals surface area contributed by atoms with Crippen LogP contribution in [-0.2, 0) is 4.79 Å². The Labute approximate surface area is 162 Å². The lowest BCUT2D eigenvalue weighted by Crippen LogP contribution is -2.36. The van der Waals surface area contributed by atoms with E-state index in [4.69, 9.17) is 0 Å². The molecule has 2 aliphatic rings. The minimum Gasteiger partial charge on any atom is -0.393 e. The molecule has 28 heavy (non-hydrogen) atoms. The molecule has 2 N–H and O–H groups in total. The molecule has 144 valence electrons. The Bertz CT molecular complexity index is 934. The summed E-state index contributed by atoms with van der Waals surface area (Å²) in [6, 6.07) is 11.5. The van der Waals surface area contributed by atoms with Crippen molar-refractivity contribution in [2.45, 2.75) is 31.5 Å². The lowest BCUT2D eigenvalue weighted by Gasteiger charge is -2.32. The number of rotatable bonds is 4. The van der Waals surface area contributed by atoms with Crippen molar-refractivity contribution < 1.29 is 14.3 Å². The number of carbonyl (C=O) groups is 1. The Balaban J connectivity index is 1.55. The van der Waals surface area contributed by atoms with E-state index in [1.54, 1.807) is 18.3 Å². The molecule has 1 aromatic carbocycles. The molecule has 1 aliphatic carbocycles. The van der Waals surface area contributed by atoms with Gasteiger partial charge in [-0.2, -0.15) is 5.26 Å². The molecule has 0 spiro atoms. The molecule has 6 nitrogen and oxygen atoms in total. The zero-order valence-corrected chi connectivity index (χ0v) is 15.3. The standard InChI is InChI=1S/C21H21FN4O2/c22-18-11-17(18)21(28)25-20-10-14(3-6-24-20)13-1-2-19(15(9-13)12-23)26-7-4-16(27)5-8-26/h1-3,6,9-10,16-18,27H,4-5,7-8,11H2,(H,24,25,28)/t17-,18+/m0/s1. The van der Waals surface area contributed by atoms with Crippen molar-refractivity contribution in [1.82, 2.24) is 4.98 Å². The largest absolute Gasteiger partial charge is 0.393 e. The van der Waals surface area contributed by atoms with E-state index in [2.05, 4.69) is 21.3 Å². The van der Waals surface area contributed by atoms with Gasteiger partial charge in [-0.3, -0.25) is 4.79 Å². The van der Waals surface area contributed by atoms with Gasteiger partial charge in [-0.05, 0) is 54.7 Å². The van der Waals surface area contributed by atoms with Crippen LogP contribution in [0.3, 0.4) is 0 Å². The van der Waals surface area contributed by atoms with Crippen molar-refractivity contribution in [1.29, 1.82) is 5.26 Å². The number of hydrogen-bond acceptors (Lipinski definition) is 5. The molecule has 0 radical (unpaired) electrons. The Morgan fingerprint density at radius 3 is 2.64 bits per heavy atom. The number of pyridine rings is 1. The van der Waals surface area contributed by atoms with Crippen molar-refractivity contribution in [2.24, 2.45) is 5.92 Å². The predicted molar refractivity (Wildman–Crippen MR) is 103 cm³/mol. The first kappa shape index (κ1) is 18.4. The van der Waals surface area contributed by atoms with Crippen molar-refractivity contribution in [2.75, 3.05) is 23.3 Å². The van der Waals surface area contributed by atoms with E-state index in [9.17, 15) is 19.6 Å². The number of anilines is 2. The Morgan fingerprint density at radius 1 is 1.25 bits per heavy atom. The summed E-state index contributed by atoms with van der Waals surface area (Å²) in [5.41, 5.74) is 3.08. The van der Waals surface area contributed by atoms with Crippen molar-refractivity contribution in [3.8, 4) is 17.2 Å². The van der Waals surface area contributed by atoms with Crippen LogP contribution in [0.15, 0.2) is 36.5 Å². The molecule has 1 saturated heterocycles. The number of carbonyl (C=O) groups excluding carboxylic acids is 1. The first-order valence-corrected chi connectivity index (χ1v) is 9.43.